The van der Waals surface area contributed by atoms with Gasteiger partial charge in [0.2, 0.25) is 0 Å². The highest BCUT2D eigenvalue weighted by molar-refractivity contribution is 5.98. The predicted octanol–water partition coefficient (Wildman–Crippen LogP) is 1.52. The summed E-state index contributed by atoms with van der Waals surface area (Å²) >= 11 is 0. The van der Waals surface area contributed by atoms with Gasteiger partial charge < -0.3 is 10.4 Å². The molecule has 0 heterocycles. The Labute approximate surface area is 87.3 Å². The molecule has 2 N–H and O–H groups in total. The SMILES string of the molecule is O=C(NCO)c1ccc2ccccc2c1. The Morgan fingerprint density at radius 1 is 1.13 bits per heavy atom. The van der Waals surface area contributed by atoms with Gasteiger partial charge in [-0.2, -0.15) is 0 Å². The Morgan fingerprint density at radius 3 is 2.60 bits per heavy atom. The van der Waals surface area contributed by atoms with Gasteiger partial charge in [-0.1, -0.05) is 30.3 Å². The Kier molecular flexibility index (Phi) is 2.65. The molecule has 0 aromatic heterocycles. The number of aliphatic hydroxyl groups is 1. The molecular weight excluding hydrogens is 190 g/mol. The summed E-state index contributed by atoms with van der Waals surface area (Å²) < 4.78 is 0. The fourth-order valence-electron chi connectivity index (χ4n) is 1.50. The van der Waals surface area contributed by atoms with Crippen LogP contribution >= 0.6 is 0 Å². The molecule has 0 fully saturated rings. The minimum Gasteiger partial charge on any atom is -0.376 e. The summed E-state index contributed by atoms with van der Waals surface area (Å²) in [5, 5.41) is 13.0. The Balaban J connectivity index is 2.42. The average molecular weight is 201 g/mol. The normalized spacial score (nSPS) is 10.2. The van der Waals surface area contributed by atoms with Crippen molar-refractivity contribution in [1.29, 1.82) is 0 Å². The van der Waals surface area contributed by atoms with Gasteiger partial charge >= 0.3 is 0 Å². The highest BCUT2D eigenvalue weighted by Gasteiger charge is 2.04. The summed E-state index contributed by atoms with van der Waals surface area (Å²) in [7, 11) is 0. The van der Waals surface area contributed by atoms with E-state index < -0.39 is 0 Å². The van der Waals surface area contributed by atoms with Gasteiger partial charge in [-0.25, -0.2) is 0 Å². The zero-order chi connectivity index (χ0) is 10.7. The zero-order valence-corrected chi connectivity index (χ0v) is 8.10. The van der Waals surface area contributed by atoms with Gasteiger partial charge in [0.15, 0.2) is 0 Å². The van der Waals surface area contributed by atoms with Crippen LogP contribution in [0.4, 0.5) is 0 Å². The molecule has 3 nitrogen and oxygen atoms in total. The molecule has 15 heavy (non-hydrogen) atoms. The molecule has 0 saturated heterocycles. The lowest BCUT2D eigenvalue weighted by molar-refractivity contribution is 0.0910. The minimum absolute atomic E-state index is 0.261. The van der Waals surface area contributed by atoms with Gasteiger partial charge in [0.1, 0.15) is 6.73 Å². The number of carbonyl (C=O) groups is 1. The topological polar surface area (TPSA) is 49.3 Å². The molecule has 76 valence electrons. The zero-order valence-electron chi connectivity index (χ0n) is 8.10. The maximum atomic E-state index is 11.4. The van der Waals surface area contributed by atoms with E-state index in [9.17, 15) is 4.79 Å². The van der Waals surface area contributed by atoms with Gasteiger partial charge in [0.05, 0.1) is 0 Å². The fourth-order valence-corrected chi connectivity index (χ4v) is 1.50. The smallest absolute Gasteiger partial charge is 0.253 e. The predicted molar refractivity (Wildman–Crippen MR) is 58.5 cm³/mol. The fraction of sp³-hybridized carbons (Fsp3) is 0.0833. The molecule has 2 aromatic rings. The standard InChI is InChI=1S/C12H11NO2/c14-8-13-12(15)11-6-5-9-3-1-2-4-10(9)7-11/h1-7,14H,8H2,(H,13,15). The van der Waals surface area contributed by atoms with Crippen LogP contribution in [0.1, 0.15) is 10.4 Å². The summed E-state index contributed by atoms with van der Waals surface area (Å²) in [5.41, 5.74) is 0.558. The van der Waals surface area contributed by atoms with Crippen LogP contribution in [0, 0.1) is 0 Å². The van der Waals surface area contributed by atoms with Crippen LogP contribution in [0.15, 0.2) is 42.5 Å². The molecule has 3 heteroatoms. The maximum Gasteiger partial charge on any atom is 0.253 e. The second-order valence-corrected chi connectivity index (χ2v) is 3.23. The molecule has 1 amide bonds. The Bertz CT molecular complexity index is 494. The quantitative estimate of drug-likeness (QED) is 0.724. The number of aliphatic hydroxyl groups excluding tert-OH is 1. The Morgan fingerprint density at radius 2 is 1.87 bits per heavy atom. The van der Waals surface area contributed by atoms with Crippen LogP contribution in [-0.4, -0.2) is 17.7 Å². The van der Waals surface area contributed by atoms with Crippen LogP contribution in [0.25, 0.3) is 10.8 Å². The van der Waals surface area contributed by atoms with E-state index in [1.165, 1.54) is 0 Å². The van der Waals surface area contributed by atoms with E-state index in [0.717, 1.165) is 10.8 Å². The van der Waals surface area contributed by atoms with Crippen LogP contribution in [0.5, 0.6) is 0 Å². The highest BCUT2D eigenvalue weighted by Crippen LogP contribution is 2.15. The molecule has 2 rings (SSSR count). The van der Waals surface area contributed by atoms with Crippen LogP contribution < -0.4 is 5.32 Å². The molecule has 0 aliphatic rings. The number of fused-ring (bicyclic) bond motifs is 1. The number of amides is 1. The number of hydrogen-bond donors (Lipinski definition) is 2. The molecule has 0 saturated carbocycles. The van der Waals surface area contributed by atoms with Crippen molar-refractivity contribution in [3.63, 3.8) is 0 Å². The molecule has 0 aliphatic carbocycles. The number of benzene rings is 2. The molecule has 0 bridgehead atoms. The van der Waals surface area contributed by atoms with Crippen molar-refractivity contribution in [2.75, 3.05) is 6.73 Å². The van der Waals surface area contributed by atoms with Gasteiger partial charge in [-0.05, 0) is 22.9 Å². The number of carbonyl (C=O) groups excluding carboxylic acids is 1. The summed E-state index contributed by atoms with van der Waals surface area (Å²) in [5.74, 6) is -0.261. The molecule has 0 unspecified atom stereocenters. The monoisotopic (exact) mass is 201 g/mol. The summed E-state index contributed by atoms with van der Waals surface area (Å²) in [6, 6.07) is 13.3. The van der Waals surface area contributed by atoms with Gasteiger partial charge in [0.25, 0.3) is 5.91 Å². The summed E-state index contributed by atoms with van der Waals surface area (Å²) in [6.45, 7) is -0.342. The Hall–Kier alpha value is -1.87. The molecule has 2 aromatic carbocycles. The first-order chi connectivity index (χ1) is 7.31. The van der Waals surface area contributed by atoms with Crippen molar-refractivity contribution in [2.45, 2.75) is 0 Å². The van der Waals surface area contributed by atoms with Gasteiger partial charge in [-0.3, -0.25) is 4.79 Å². The van der Waals surface area contributed by atoms with E-state index in [1.807, 2.05) is 30.3 Å². The van der Waals surface area contributed by atoms with E-state index in [4.69, 9.17) is 5.11 Å². The molecule has 0 spiro atoms. The van der Waals surface area contributed by atoms with Crippen molar-refractivity contribution in [3.05, 3.63) is 48.0 Å². The lowest BCUT2D eigenvalue weighted by Gasteiger charge is -2.03. The first-order valence-corrected chi connectivity index (χ1v) is 4.69. The van der Waals surface area contributed by atoms with E-state index in [2.05, 4.69) is 5.32 Å². The third-order valence-electron chi connectivity index (χ3n) is 2.25. The van der Waals surface area contributed by atoms with Crippen LogP contribution in [0.3, 0.4) is 0 Å². The summed E-state index contributed by atoms with van der Waals surface area (Å²) in [6.07, 6.45) is 0. The second kappa shape index (κ2) is 4.11. The van der Waals surface area contributed by atoms with Crippen LogP contribution in [-0.2, 0) is 0 Å². The number of rotatable bonds is 2. The first-order valence-electron chi connectivity index (χ1n) is 4.69. The van der Waals surface area contributed by atoms with Crippen molar-refractivity contribution in [2.24, 2.45) is 0 Å². The minimum atomic E-state index is -0.342. The highest BCUT2D eigenvalue weighted by atomic mass is 16.3. The third-order valence-corrected chi connectivity index (χ3v) is 2.25. The number of hydrogen-bond acceptors (Lipinski definition) is 2. The maximum absolute atomic E-state index is 11.4. The molecule has 0 atom stereocenters. The van der Waals surface area contributed by atoms with Crippen molar-refractivity contribution in [3.8, 4) is 0 Å². The average Bonchev–Trinajstić information content (AvgIpc) is 2.29. The van der Waals surface area contributed by atoms with Crippen molar-refractivity contribution >= 4 is 16.7 Å². The largest absolute Gasteiger partial charge is 0.376 e. The molecule has 0 aliphatic heterocycles. The van der Waals surface area contributed by atoms with Gasteiger partial charge in [-0.15, -0.1) is 0 Å². The lowest BCUT2D eigenvalue weighted by Crippen LogP contribution is -2.23. The molecular formula is C12H11NO2. The van der Waals surface area contributed by atoms with Crippen molar-refractivity contribution < 1.29 is 9.90 Å². The van der Waals surface area contributed by atoms with Gasteiger partial charge in [0, 0.05) is 5.56 Å². The van der Waals surface area contributed by atoms with Crippen LogP contribution in [0.2, 0.25) is 0 Å². The van der Waals surface area contributed by atoms with Crippen molar-refractivity contribution in [1.82, 2.24) is 5.32 Å². The second-order valence-electron chi connectivity index (χ2n) is 3.23. The van der Waals surface area contributed by atoms with E-state index >= 15 is 0 Å². The molecule has 0 radical (unpaired) electrons. The summed E-state index contributed by atoms with van der Waals surface area (Å²) in [4.78, 5) is 11.4. The van der Waals surface area contributed by atoms with E-state index in [1.54, 1.807) is 12.1 Å². The third kappa shape index (κ3) is 1.97. The first kappa shape index (κ1) is 9.68. The van der Waals surface area contributed by atoms with E-state index in [0.29, 0.717) is 5.56 Å². The number of nitrogens with one attached hydrogen (secondary N) is 1. The lowest BCUT2D eigenvalue weighted by atomic mass is 10.1. The van der Waals surface area contributed by atoms with E-state index in [-0.39, 0.29) is 12.6 Å².